The summed E-state index contributed by atoms with van der Waals surface area (Å²) in [4.78, 5) is 27.7. The van der Waals surface area contributed by atoms with Gasteiger partial charge in [-0.05, 0) is 64.1 Å². The molecule has 0 atom stereocenters. The summed E-state index contributed by atoms with van der Waals surface area (Å²) in [6, 6.07) is 9.69. The molecule has 0 amide bonds. The van der Waals surface area contributed by atoms with Gasteiger partial charge < -0.3 is 4.84 Å². The first-order valence-corrected chi connectivity index (χ1v) is 10.6. The molecule has 0 radical (unpaired) electrons. The Balaban J connectivity index is 1.56. The van der Waals surface area contributed by atoms with Crippen LogP contribution in [0.4, 0.5) is 0 Å². The molecular formula is C21H24N6OS. The lowest BCUT2D eigenvalue weighted by atomic mass is 10.2. The first-order chi connectivity index (χ1) is 14.0. The summed E-state index contributed by atoms with van der Waals surface area (Å²) in [5.41, 5.74) is 5.14. The van der Waals surface area contributed by atoms with Gasteiger partial charge in [0.25, 0.3) is 0 Å². The van der Waals surface area contributed by atoms with Crippen molar-refractivity contribution in [3.8, 4) is 11.5 Å². The number of hydrogen-bond donors (Lipinski definition) is 0. The molecular weight excluding hydrogens is 384 g/mol. The van der Waals surface area contributed by atoms with Gasteiger partial charge in [0.15, 0.2) is 11.0 Å². The summed E-state index contributed by atoms with van der Waals surface area (Å²) in [5.74, 6) is 0.659. The molecule has 0 aromatic carbocycles. The maximum Gasteiger partial charge on any atom is 0.187 e. The molecule has 0 saturated carbocycles. The Kier molecular flexibility index (Phi) is 7.24. The third-order valence-electron chi connectivity index (χ3n) is 4.08. The first kappa shape index (κ1) is 20.9. The Labute approximate surface area is 175 Å². The van der Waals surface area contributed by atoms with Crippen LogP contribution in [-0.4, -0.2) is 43.5 Å². The van der Waals surface area contributed by atoms with Crippen LogP contribution in [0.25, 0.3) is 11.5 Å². The summed E-state index contributed by atoms with van der Waals surface area (Å²) in [5, 5.41) is 4.89. The van der Waals surface area contributed by atoms with Gasteiger partial charge in [-0.1, -0.05) is 23.0 Å². The molecule has 0 spiro atoms. The van der Waals surface area contributed by atoms with Crippen molar-refractivity contribution in [2.45, 2.75) is 38.8 Å². The standard InChI is InChI=1S/C21H24N6OS/c1-14-7-5-9-19(23-14)20-24-15(2)13-17(25-20)8-6-12-28-27-16(3)18-10-11-22-21(26-18)29-4/h5,7,9-11,13H,6,8,12H2,1-4H3. The zero-order valence-electron chi connectivity index (χ0n) is 17.1. The van der Waals surface area contributed by atoms with Crippen LogP contribution in [0.5, 0.6) is 0 Å². The van der Waals surface area contributed by atoms with Crippen molar-refractivity contribution in [2.75, 3.05) is 12.9 Å². The van der Waals surface area contributed by atoms with Crippen LogP contribution in [0.1, 0.15) is 36.1 Å². The fourth-order valence-electron chi connectivity index (χ4n) is 2.69. The molecule has 8 heteroatoms. The van der Waals surface area contributed by atoms with E-state index in [2.05, 4.69) is 30.1 Å². The lowest BCUT2D eigenvalue weighted by Gasteiger charge is -2.06. The van der Waals surface area contributed by atoms with Gasteiger partial charge in [-0.15, -0.1) is 0 Å². The topological polar surface area (TPSA) is 86.0 Å². The number of hydrogen-bond acceptors (Lipinski definition) is 8. The van der Waals surface area contributed by atoms with E-state index in [1.807, 2.05) is 57.4 Å². The number of nitrogens with zero attached hydrogens (tertiary/aromatic N) is 6. The highest BCUT2D eigenvalue weighted by atomic mass is 32.2. The van der Waals surface area contributed by atoms with Crippen molar-refractivity contribution in [3.05, 3.63) is 59.3 Å². The Morgan fingerprint density at radius 3 is 2.72 bits per heavy atom. The van der Waals surface area contributed by atoms with Crippen molar-refractivity contribution in [1.82, 2.24) is 24.9 Å². The quantitative estimate of drug-likeness (QED) is 0.183. The summed E-state index contributed by atoms with van der Waals surface area (Å²) in [7, 11) is 0. The van der Waals surface area contributed by atoms with Crippen molar-refractivity contribution in [1.29, 1.82) is 0 Å². The van der Waals surface area contributed by atoms with Crippen molar-refractivity contribution in [3.63, 3.8) is 0 Å². The van der Waals surface area contributed by atoms with Gasteiger partial charge in [0.1, 0.15) is 18.0 Å². The Hall–Kier alpha value is -2.87. The van der Waals surface area contributed by atoms with E-state index in [4.69, 9.17) is 4.84 Å². The highest BCUT2D eigenvalue weighted by Gasteiger charge is 2.07. The van der Waals surface area contributed by atoms with Crippen LogP contribution in [0.2, 0.25) is 0 Å². The van der Waals surface area contributed by atoms with Crippen LogP contribution in [-0.2, 0) is 11.3 Å². The minimum absolute atomic E-state index is 0.499. The number of thioether (sulfide) groups is 1. The van der Waals surface area contributed by atoms with Gasteiger partial charge in [0.2, 0.25) is 0 Å². The second kappa shape index (κ2) is 10.1. The summed E-state index contributed by atoms with van der Waals surface area (Å²) < 4.78 is 0. The summed E-state index contributed by atoms with van der Waals surface area (Å²) >= 11 is 1.50. The largest absolute Gasteiger partial charge is 0.396 e. The van der Waals surface area contributed by atoms with E-state index in [0.717, 1.165) is 52.2 Å². The molecule has 3 heterocycles. The van der Waals surface area contributed by atoms with E-state index in [9.17, 15) is 0 Å². The lowest BCUT2D eigenvalue weighted by Crippen LogP contribution is -2.03. The first-order valence-electron chi connectivity index (χ1n) is 9.37. The van der Waals surface area contributed by atoms with Gasteiger partial charge in [0.05, 0.1) is 5.69 Å². The van der Waals surface area contributed by atoms with Gasteiger partial charge in [-0.3, -0.25) is 0 Å². The molecule has 0 N–H and O–H groups in total. The number of oxime groups is 1. The summed E-state index contributed by atoms with van der Waals surface area (Å²) in [6.07, 6.45) is 5.25. The predicted octanol–water partition coefficient (Wildman–Crippen LogP) is 4.04. The van der Waals surface area contributed by atoms with Crippen LogP contribution >= 0.6 is 11.8 Å². The van der Waals surface area contributed by atoms with Crippen LogP contribution in [0, 0.1) is 13.8 Å². The molecule has 0 aliphatic rings. The fraction of sp³-hybridized carbons (Fsp3) is 0.333. The minimum Gasteiger partial charge on any atom is -0.396 e. The molecule has 3 aromatic heterocycles. The molecule has 0 saturated heterocycles. The molecule has 7 nitrogen and oxygen atoms in total. The van der Waals surface area contributed by atoms with Crippen molar-refractivity contribution < 1.29 is 4.84 Å². The zero-order chi connectivity index (χ0) is 20.6. The second-order valence-electron chi connectivity index (χ2n) is 6.53. The number of aryl methyl sites for hydroxylation is 3. The van der Waals surface area contributed by atoms with Crippen molar-refractivity contribution in [2.24, 2.45) is 5.16 Å². The predicted molar refractivity (Wildman–Crippen MR) is 115 cm³/mol. The van der Waals surface area contributed by atoms with Gasteiger partial charge in [-0.25, -0.2) is 24.9 Å². The monoisotopic (exact) mass is 408 g/mol. The van der Waals surface area contributed by atoms with E-state index < -0.39 is 0 Å². The van der Waals surface area contributed by atoms with E-state index in [1.54, 1.807) is 6.20 Å². The smallest absolute Gasteiger partial charge is 0.187 e. The maximum absolute atomic E-state index is 5.47. The maximum atomic E-state index is 5.47. The van der Waals surface area contributed by atoms with E-state index >= 15 is 0 Å². The Morgan fingerprint density at radius 2 is 1.93 bits per heavy atom. The molecule has 0 aliphatic carbocycles. The molecule has 3 rings (SSSR count). The van der Waals surface area contributed by atoms with Gasteiger partial charge in [0, 0.05) is 23.3 Å². The second-order valence-corrected chi connectivity index (χ2v) is 7.30. The lowest BCUT2D eigenvalue weighted by molar-refractivity contribution is 0.141. The van der Waals surface area contributed by atoms with Gasteiger partial charge in [-0.2, -0.15) is 0 Å². The third-order valence-corrected chi connectivity index (χ3v) is 4.64. The number of pyridine rings is 1. The van der Waals surface area contributed by atoms with Crippen LogP contribution in [0.3, 0.4) is 0 Å². The molecule has 0 bridgehead atoms. The zero-order valence-corrected chi connectivity index (χ0v) is 17.9. The highest BCUT2D eigenvalue weighted by molar-refractivity contribution is 7.98. The van der Waals surface area contributed by atoms with Crippen molar-refractivity contribution >= 4 is 17.5 Å². The molecule has 0 aliphatic heterocycles. The average Bonchev–Trinajstić information content (AvgIpc) is 2.73. The molecule has 0 unspecified atom stereocenters. The Morgan fingerprint density at radius 1 is 1.07 bits per heavy atom. The Bertz CT molecular complexity index is 1010. The molecule has 150 valence electrons. The molecule has 29 heavy (non-hydrogen) atoms. The van der Waals surface area contributed by atoms with Crippen LogP contribution in [0.15, 0.2) is 46.8 Å². The van der Waals surface area contributed by atoms with E-state index in [1.165, 1.54) is 11.8 Å². The average molecular weight is 409 g/mol. The fourth-order valence-corrected chi connectivity index (χ4v) is 3.05. The minimum atomic E-state index is 0.499. The summed E-state index contributed by atoms with van der Waals surface area (Å²) in [6.45, 7) is 6.31. The molecule has 0 fully saturated rings. The highest BCUT2D eigenvalue weighted by Crippen LogP contribution is 2.15. The third kappa shape index (κ3) is 6.05. The number of rotatable bonds is 8. The van der Waals surface area contributed by atoms with Crippen LogP contribution < -0.4 is 0 Å². The SMILES string of the molecule is CSc1nccc(C(C)=NOCCCc2cc(C)nc(-c3cccc(C)n3)n2)n1. The molecule has 3 aromatic rings. The normalized spacial score (nSPS) is 11.5. The van der Waals surface area contributed by atoms with Gasteiger partial charge >= 0.3 is 0 Å². The van der Waals surface area contributed by atoms with E-state index in [-0.39, 0.29) is 0 Å². The number of aromatic nitrogens is 5. The van der Waals surface area contributed by atoms with E-state index in [0.29, 0.717) is 12.4 Å².